The molecule has 0 bridgehead atoms. The molecule has 3 aromatic rings. The Kier molecular flexibility index (Phi) is 8.07. The summed E-state index contributed by atoms with van der Waals surface area (Å²) in [4.78, 5) is 29.7. The van der Waals surface area contributed by atoms with E-state index >= 15 is 0 Å². The number of hydrogen-bond acceptors (Lipinski definition) is 8. The largest absolute Gasteiger partial charge is 0.469 e. The number of aromatic nitrogens is 3. The topological polar surface area (TPSA) is 142 Å². The highest BCUT2D eigenvalue weighted by molar-refractivity contribution is 6.00. The molecular formula is C29H34N6O4. The van der Waals surface area contributed by atoms with Gasteiger partial charge in [-0.3, -0.25) is 14.6 Å². The summed E-state index contributed by atoms with van der Waals surface area (Å²) >= 11 is 0. The van der Waals surface area contributed by atoms with Gasteiger partial charge in [-0.1, -0.05) is 0 Å². The van der Waals surface area contributed by atoms with E-state index in [0.717, 1.165) is 56.2 Å². The number of ether oxygens (including phenoxy) is 1. The van der Waals surface area contributed by atoms with Gasteiger partial charge in [0.1, 0.15) is 6.07 Å². The molecule has 1 amide bonds. The number of aliphatic hydroxyl groups is 1. The van der Waals surface area contributed by atoms with Crippen LogP contribution in [0, 0.1) is 17.2 Å². The van der Waals surface area contributed by atoms with Gasteiger partial charge in [0.25, 0.3) is 5.91 Å². The lowest BCUT2D eigenvalue weighted by Crippen LogP contribution is -2.38. The van der Waals surface area contributed by atoms with Crippen LogP contribution in [0.25, 0.3) is 16.9 Å². The van der Waals surface area contributed by atoms with E-state index in [-0.39, 0.29) is 36.0 Å². The van der Waals surface area contributed by atoms with Gasteiger partial charge >= 0.3 is 5.97 Å². The minimum absolute atomic E-state index is 0.0310. The zero-order chi connectivity index (χ0) is 27.4. The van der Waals surface area contributed by atoms with Crippen molar-refractivity contribution >= 4 is 23.1 Å². The van der Waals surface area contributed by atoms with Crippen molar-refractivity contribution in [1.82, 2.24) is 19.9 Å². The molecule has 0 aliphatic heterocycles. The lowest BCUT2D eigenvalue weighted by atomic mass is 9.84. The fourth-order valence-electron chi connectivity index (χ4n) is 5.76. The molecule has 2 aliphatic carbocycles. The fourth-order valence-corrected chi connectivity index (χ4v) is 5.76. The summed E-state index contributed by atoms with van der Waals surface area (Å²) in [7, 11) is 1.41. The number of nitrogens with zero attached hydrogens (tertiary/aromatic N) is 4. The molecular weight excluding hydrogens is 496 g/mol. The van der Waals surface area contributed by atoms with E-state index in [4.69, 9.17) is 4.74 Å². The second kappa shape index (κ2) is 11.8. The average Bonchev–Trinajstić information content (AvgIpc) is 3.37. The van der Waals surface area contributed by atoms with Crippen LogP contribution in [-0.4, -0.2) is 56.9 Å². The third kappa shape index (κ3) is 6.20. The molecule has 10 heteroatoms. The number of hydrogen-bond donors (Lipinski definition) is 3. The Morgan fingerprint density at radius 3 is 2.69 bits per heavy atom. The first kappa shape index (κ1) is 26.6. The van der Waals surface area contributed by atoms with Crippen molar-refractivity contribution in [1.29, 1.82) is 5.26 Å². The lowest BCUT2D eigenvalue weighted by Gasteiger charge is -2.30. The second-order valence-corrected chi connectivity index (χ2v) is 10.7. The molecule has 0 aromatic carbocycles. The molecule has 39 heavy (non-hydrogen) atoms. The van der Waals surface area contributed by atoms with Crippen LogP contribution in [0.15, 0.2) is 36.7 Å². The van der Waals surface area contributed by atoms with Gasteiger partial charge in [-0.05, 0) is 81.5 Å². The molecule has 3 N–H and O–H groups in total. The van der Waals surface area contributed by atoms with Gasteiger partial charge in [-0.15, -0.1) is 0 Å². The monoisotopic (exact) mass is 530 g/mol. The van der Waals surface area contributed by atoms with Crippen LogP contribution in [0.4, 0.5) is 5.69 Å². The fraction of sp³-hybridized carbons (Fsp3) is 0.483. The van der Waals surface area contributed by atoms with Crippen molar-refractivity contribution < 1.29 is 19.4 Å². The summed E-state index contributed by atoms with van der Waals surface area (Å²) in [5, 5.41) is 30.5. The first-order valence-electron chi connectivity index (χ1n) is 13.6. The van der Waals surface area contributed by atoms with Crippen molar-refractivity contribution in [3.05, 3.63) is 47.8 Å². The Balaban J connectivity index is 1.37. The molecule has 2 fully saturated rings. The zero-order valence-corrected chi connectivity index (χ0v) is 22.1. The number of aliphatic hydroxyl groups excluding tert-OH is 1. The maximum absolute atomic E-state index is 13.5. The normalized spacial score (nSPS) is 23.1. The Bertz CT molecular complexity index is 1390. The number of amides is 1. The van der Waals surface area contributed by atoms with Crippen LogP contribution < -0.4 is 10.6 Å². The molecule has 10 nitrogen and oxygen atoms in total. The summed E-state index contributed by atoms with van der Waals surface area (Å²) in [5.74, 6) is -0.0916. The van der Waals surface area contributed by atoms with Crippen molar-refractivity contribution in [2.45, 2.75) is 76.0 Å². The zero-order valence-electron chi connectivity index (χ0n) is 22.1. The van der Waals surface area contributed by atoms with Gasteiger partial charge in [0, 0.05) is 24.7 Å². The molecule has 1 unspecified atom stereocenters. The van der Waals surface area contributed by atoms with E-state index in [1.807, 2.05) is 18.2 Å². The quantitative estimate of drug-likeness (QED) is 0.391. The molecule has 5 rings (SSSR count). The summed E-state index contributed by atoms with van der Waals surface area (Å²) < 4.78 is 6.52. The first-order valence-corrected chi connectivity index (χ1v) is 13.6. The van der Waals surface area contributed by atoms with E-state index < -0.39 is 0 Å². The van der Waals surface area contributed by atoms with Crippen LogP contribution in [0.1, 0.15) is 73.7 Å². The standard InChI is InChI=1S/C29H34N6O4/c1-39-28(37)12-18-5-7-20(8-6-18)34-29(38)24-17-31-26(14-25(24)33-21-3-2-4-23(36)13-21)27-10-9-22-11-19(15-30)16-32-35(22)27/h9-11,14,16-18,20-21,23,36H,2-8,12-13H2,1H3,(H,31,33)(H,34,38)/t18?,20?,21-,23?/m0/s1. The number of pyridine rings is 1. The SMILES string of the molecule is COC(=O)CC1CCC(NC(=O)c2cnc(-c3ccc4cc(C#N)cnn34)cc2N[C@H]2CCCC(O)C2)CC1. The van der Waals surface area contributed by atoms with Crippen LogP contribution in [-0.2, 0) is 9.53 Å². The highest BCUT2D eigenvalue weighted by Gasteiger charge is 2.27. The number of esters is 1. The van der Waals surface area contributed by atoms with Gasteiger partial charge in [-0.25, -0.2) is 4.52 Å². The van der Waals surface area contributed by atoms with Gasteiger partial charge in [0.15, 0.2) is 0 Å². The Labute approximate surface area is 227 Å². The van der Waals surface area contributed by atoms with Crippen LogP contribution in [0.5, 0.6) is 0 Å². The summed E-state index contributed by atoms with van der Waals surface area (Å²) in [5.41, 5.74) is 3.77. The molecule has 3 aromatic heterocycles. The number of fused-ring (bicyclic) bond motifs is 1. The van der Waals surface area contributed by atoms with Gasteiger partial charge in [0.05, 0.1) is 53.1 Å². The average molecular weight is 531 g/mol. The van der Waals surface area contributed by atoms with Crippen LogP contribution >= 0.6 is 0 Å². The third-order valence-corrected chi connectivity index (χ3v) is 7.91. The number of anilines is 1. The van der Waals surface area contributed by atoms with E-state index in [1.165, 1.54) is 13.3 Å². The third-order valence-electron chi connectivity index (χ3n) is 7.91. The number of rotatable bonds is 7. The van der Waals surface area contributed by atoms with E-state index in [1.54, 1.807) is 16.8 Å². The summed E-state index contributed by atoms with van der Waals surface area (Å²) in [6.07, 6.45) is 9.76. The number of nitriles is 1. The Hall–Kier alpha value is -3.97. The molecule has 2 aliphatic rings. The number of methoxy groups -OCH3 is 1. The number of carbonyl (C=O) groups excluding carboxylic acids is 2. The van der Waals surface area contributed by atoms with Gasteiger partial charge < -0.3 is 20.5 Å². The smallest absolute Gasteiger partial charge is 0.305 e. The van der Waals surface area contributed by atoms with E-state index in [2.05, 4.69) is 26.8 Å². The molecule has 0 saturated heterocycles. The number of nitrogens with one attached hydrogen (secondary N) is 2. The maximum atomic E-state index is 13.5. The predicted octanol–water partition coefficient (Wildman–Crippen LogP) is 3.84. The van der Waals surface area contributed by atoms with Gasteiger partial charge in [0.2, 0.25) is 0 Å². The molecule has 0 spiro atoms. The molecule has 204 valence electrons. The minimum atomic E-state index is -0.358. The van der Waals surface area contributed by atoms with Gasteiger partial charge in [-0.2, -0.15) is 10.4 Å². The van der Waals surface area contributed by atoms with E-state index in [0.29, 0.717) is 35.3 Å². The molecule has 3 heterocycles. The van der Waals surface area contributed by atoms with Crippen LogP contribution in [0.2, 0.25) is 0 Å². The Morgan fingerprint density at radius 1 is 1.13 bits per heavy atom. The first-order chi connectivity index (χ1) is 18.9. The van der Waals surface area contributed by atoms with Crippen molar-refractivity contribution in [2.24, 2.45) is 5.92 Å². The minimum Gasteiger partial charge on any atom is -0.469 e. The predicted molar refractivity (Wildman–Crippen MR) is 145 cm³/mol. The summed E-state index contributed by atoms with van der Waals surface area (Å²) in [6, 6.07) is 9.59. The second-order valence-electron chi connectivity index (χ2n) is 10.7. The highest BCUT2D eigenvalue weighted by atomic mass is 16.5. The molecule has 2 atom stereocenters. The van der Waals surface area contributed by atoms with E-state index in [9.17, 15) is 20.0 Å². The highest BCUT2D eigenvalue weighted by Crippen LogP contribution is 2.30. The van der Waals surface area contributed by atoms with Crippen molar-refractivity contribution in [3.8, 4) is 17.5 Å². The molecule has 0 radical (unpaired) electrons. The maximum Gasteiger partial charge on any atom is 0.305 e. The molecule has 2 saturated carbocycles. The summed E-state index contributed by atoms with van der Waals surface area (Å²) in [6.45, 7) is 0. The van der Waals surface area contributed by atoms with Crippen molar-refractivity contribution in [3.63, 3.8) is 0 Å². The van der Waals surface area contributed by atoms with Crippen LogP contribution in [0.3, 0.4) is 0 Å². The number of carbonyl (C=O) groups is 2. The Morgan fingerprint density at radius 2 is 1.95 bits per heavy atom. The lowest BCUT2D eigenvalue weighted by molar-refractivity contribution is -0.142. The van der Waals surface area contributed by atoms with Crippen molar-refractivity contribution in [2.75, 3.05) is 12.4 Å².